The number of carbonyl (C=O) groups excluding carboxylic acids is 2. The molecule has 6 N–H and O–H groups in total. The van der Waals surface area contributed by atoms with Crippen molar-refractivity contribution in [2.75, 3.05) is 17.3 Å². The molecule has 0 radical (unpaired) electrons. The van der Waals surface area contributed by atoms with Crippen molar-refractivity contribution in [3.05, 3.63) is 44.2 Å². The normalized spacial score (nSPS) is 11.0. The van der Waals surface area contributed by atoms with Crippen LogP contribution in [0.3, 0.4) is 0 Å². The summed E-state index contributed by atoms with van der Waals surface area (Å²) in [7, 11) is 0. The first-order valence-corrected chi connectivity index (χ1v) is 19.2. The van der Waals surface area contributed by atoms with Gasteiger partial charge in [-0.2, -0.15) is 9.97 Å². The van der Waals surface area contributed by atoms with Crippen LogP contribution in [-0.4, -0.2) is 38.7 Å². The standard InChI is InChI=1S/C37H64N8O4/c1-3-5-7-9-11-13-15-17-19-21-23-25-30-27-32(46)42-34(40-30)44-36(48)38-29-39-37(49)45-35-41-31(28-33(47)43-35)26-24-22-20-18-16-14-12-10-8-6-4-2/h27-28H,3-26,29H2,1-2H3,(H3,38,40,42,44,46,48)(H3,39,41,43,45,47,49). The van der Waals surface area contributed by atoms with Gasteiger partial charge in [-0.25, -0.2) is 9.59 Å². The summed E-state index contributed by atoms with van der Waals surface area (Å²) in [6.07, 6.45) is 28.8. The molecule has 0 aliphatic rings. The van der Waals surface area contributed by atoms with E-state index in [0.29, 0.717) is 12.8 Å². The number of amides is 4. The average molecular weight is 685 g/mol. The number of urea groups is 2. The Bertz CT molecular complexity index is 1200. The number of aromatic amines is 2. The lowest BCUT2D eigenvalue weighted by Crippen LogP contribution is -2.41. The quantitative estimate of drug-likeness (QED) is 0.0387. The van der Waals surface area contributed by atoms with Gasteiger partial charge in [0, 0.05) is 23.5 Å². The van der Waals surface area contributed by atoms with Gasteiger partial charge in [0.15, 0.2) is 0 Å². The lowest BCUT2D eigenvalue weighted by molar-refractivity contribution is 0.246. The Morgan fingerprint density at radius 2 is 0.816 bits per heavy atom. The lowest BCUT2D eigenvalue weighted by atomic mass is 10.0. The SMILES string of the molecule is CCCCCCCCCCCCCc1cc(=O)nc(NC(=O)NCNC(=O)Nc2nc(=O)cc(CCCCCCCCCCCCC)[nH]2)[nH]1. The Hall–Kier alpha value is -3.70. The van der Waals surface area contributed by atoms with Crippen molar-refractivity contribution in [2.45, 2.75) is 168 Å². The van der Waals surface area contributed by atoms with Crippen LogP contribution in [0.2, 0.25) is 0 Å². The third-order valence-corrected chi connectivity index (χ3v) is 8.66. The minimum atomic E-state index is -0.643. The number of hydrogen-bond acceptors (Lipinski definition) is 6. The highest BCUT2D eigenvalue weighted by Crippen LogP contribution is 2.14. The third-order valence-electron chi connectivity index (χ3n) is 8.66. The van der Waals surface area contributed by atoms with Crippen LogP contribution in [0.15, 0.2) is 21.7 Å². The predicted octanol–water partition coefficient (Wildman–Crippen LogP) is 8.46. The highest BCUT2D eigenvalue weighted by molar-refractivity contribution is 5.89. The molecular formula is C37H64N8O4. The molecule has 4 amide bonds. The molecule has 0 unspecified atom stereocenters. The Morgan fingerprint density at radius 3 is 1.14 bits per heavy atom. The summed E-state index contributed by atoms with van der Waals surface area (Å²) in [6, 6.07) is 1.62. The zero-order chi connectivity index (χ0) is 35.4. The molecule has 276 valence electrons. The van der Waals surface area contributed by atoms with Crippen LogP contribution in [0.25, 0.3) is 0 Å². The largest absolute Gasteiger partial charge is 0.329 e. The molecule has 0 spiro atoms. The predicted molar refractivity (Wildman–Crippen MR) is 199 cm³/mol. The fourth-order valence-corrected chi connectivity index (χ4v) is 5.87. The molecule has 0 aliphatic carbocycles. The van der Waals surface area contributed by atoms with Crippen molar-refractivity contribution in [3.63, 3.8) is 0 Å². The number of hydrogen-bond donors (Lipinski definition) is 6. The molecule has 0 atom stereocenters. The van der Waals surface area contributed by atoms with E-state index in [1.165, 1.54) is 128 Å². The van der Waals surface area contributed by atoms with E-state index in [1.54, 1.807) is 0 Å². The molecular weight excluding hydrogens is 620 g/mol. The first-order chi connectivity index (χ1) is 23.9. The smallest absolute Gasteiger partial charge is 0.322 e. The maximum Gasteiger partial charge on any atom is 0.322 e. The summed E-state index contributed by atoms with van der Waals surface area (Å²) in [5.41, 5.74) is 0.570. The van der Waals surface area contributed by atoms with E-state index in [1.807, 2.05) is 0 Å². The Morgan fingerprint density at radius 1 is 0.510 bits per heavy atom. The molecule has 0 aromatic carbocycles. The Balaban J connectivity index is 1.60. The number of rotatable bonds is 28. The zero-order valence-corrected chi connectivity index (χ0v) is 30.4. The van der Waals surface area contributed by atoms with Gasteiger partial charge in [0.05, 0.1) is 6.67 Å². The molecule has 0 fully saturated rings. The van der Waals surface area contributed by atoms with Crippen LogP contribution in [0.1, 0.15) is 166 Å². The van der Waals surface area contributed by atoms with E-state index in [-0.39, 0.29) is 18.6 Å². The summed E-state index contributed by atoms with van der Waals surface area (Å²) in [5.74, 6) is 0.0906. The zero-order valence-electron chi connectivity index (χ0n) is 30.4. The number of nitrogens with zero attached hydrogens (tertiary/aromatic N) is 2. The van der Waals surface area contributed by atoms with Crippen LogP contribution < -0.4 is 32.4 Å². The van der Waals surface area contributed by atoms with Crippen LogP contribution in [0.5, 0.6) is 0 Å². The number of aryl methyl sites for hydroxylation is 2. The second-order valence-corrected chi connectivity index (χ2v) is 13.2. The summed E-state index contributed by atoms with van der Waals surface area (Å²) in [4.78, 5) is 62.5. The highest BCUT2D eigenvalue weighted by atomic mass is 16.2. The Kier molecular flexibility index (Phi) is 23.0. The number of nitrogens with one attached hydrogen (secondary N) is 6. The van der Waals surface area contributed by atoms with Crippen molar-refractivity contribution < 1.29 is 9.59 Å². The van der Waals surface area contributed by atoms with E-state index in [4.69, 9.17) is 0 Å². The maximum atomic E-state index is 12.4. The molecule has 2 aromatic rings. The molecule has 2 heterocycles. The van der Waals surface area contributed by atoms with E-state index >= 15 is 0 Å². The lowest BCUT2D eigenvalue weighted by Gasteiger charge is -2.10. The van der Waals surface area contributed by atoms with Gasteiger partial charge in [-0.15, -0.1) is 0 Å². The van der Waals surface area contributed by atoms with Gasteiger partial charge < -0.3 is 20.6 Å². The topological polar surface area (TPSA) is 174 Å². The molecule has 2 aromatic heterocycles. The van der Waals surface area contributed by atoms with E-state index in [2.05, 4.69) is 55.1 Å². The van der Waals surface area contributed by atoms with Crippen LogP contribution >= 0.6 is 0 Å². The summed E-state index contributed by atoms with van der Waals surface area (Å²) >= 11 is 0. The monoisotopic (exact) mass is 685 g/mol. The summed E-state index contributed by atoms with van der Waals surface area (Å²) in [6.45, 7) is 4.27. The minimum Gasteiger partial charge on any atom is -0.329 e. The van der Waals surface area contributed by atoms with E-state index in [0.717, 1.165) is 37.1 Å². The van der Waals surface area contributed by atoms with Gasteiger partial charge in [0.25, 0.3) is 11.1 Å². The molecule has 12 nitrogen and oxygen atoms in total. The van der Waals surface area contributed by atoms with Gasteiger partial charge in [-0.1, -0.05) is 142 Å². The number of carbonyl (C=O) groups is 2. The molecule has 49 heavy (non-hydrogen) atoms. The molecule has 12 heteroatoms. The second-order valence-electron chi connectivity index (χ2n) is 13.2. The molecule has 0 saturated heterocycles. The van der Waals surface area contributed by atoms with Gasteiger partial charge in [0.2, 0.25) is 11.9 Å². The van der Waals surface area contributed by atoms with Crippen LogP contribution in [-0.2, 0) is 12.8 Å². The minimum absolute atomic E-state index is 0.0453. The van der Waals surface area contributed by atoms with E-state index in [9.17, 15) is 19.2 Å². The summed E-state index contributed by atoms with van der Waals surface area (Å²) < 4.78 is 0. The molecule has 0 aliphatic heterocycles. The number of unbranched alkanes of at least 4 members (excludes halogenated alkanes) is 20. The third kappa shape index (κ3) is 21.8. The first kappa shape index (κ1) is 41.5. The number of H-pyrrole nitrogens is 2. The van der Waals surface area contributed by atoms with Crippen molar-refractivity contribution in [3.8, 4) is 0 Å². The van der Waals surface area contributed by atoms with Gasteiger partial charge in [0.1, 0.15) is 0 Å². The van der Waals surface area contributed by atoms with Crippen molar-refractivity contribution in [1.82, 2.24) is 30.6 Å². The van der Waals surface area contributed by atoms with Gasteiger partial charge in [-0.3, -0.25) is 20.2 Å². The average Bonchev–Trinajstić information content (AvgIpc) is 3.05. The highest BCUT2D eigenvalue weighted by Gasteiger charge is 2.09. The fourth-order valence-electron chi connectivity index (χ4n) is 5.87. The van der Waals surface area contributed by atoms with Gasteiger partial charge in [-0.05, 0) is 25.7 Å². The maximum absolute atomic E-state index is 12.4. The fraction of sp³-hybridized carbons (Fsp3) is 0.730. The van der Waals surface area contributed by atoms with Crippen LogP contribution in [0, 0.1) is 0 Å². The van der Waals surface area contributed by atoms with Crippen molar-refractivity contribution in [1.29, 1.82) is 0 Å². The summed E-state index contributed by atoms with van der Waals surface area (Å²) in [5, 5.41) is 9.98. The number of anilines is 2. The van der Waals surface area contributed by atoms with Crippen molar-refractivity contribution >= 4 is 24.0 Å². The molecule has 0 saturated carbocycles. The Labute approximate surface area is 293 Å². The molecule has 2 rings (SSSR count). The number of aromatic nitrogens is 4. The van der Waals surface area contributed by atoms with Gasteiger partial charge >= 0.3 is 12.1 Å². The van der Waals surface area contributed by atoms with E-state index < -0.39 is 23.2 Å². The first-order valence-electron chi connectivity index (χ1n) is 19.2. The van der Waals surface area contributed by atoms with Crippen LogP contribution in [0.4, 0.5) is 21.5 Å². The molecule has 0 bridgehead atoms. The van der Waals surface area contributed by atoms with Crippen molar-refractivity contribution in [2.24, 2.45) is 0 Å². The second kappa shape index (κ2) is 27.2.